The van der Waals surface area contributed by atoms with Crippen molar-refractivity contribution >= 4 is 5.91 Å². The van der Waals surface area contributed by atoms with Gasteiger partial charge in [0.15, 0.2) is 0 Å². The number of benzene rings is 2. The normalized spacial score (nSPS) is 25.0. The molecule has 2 aromatic rings. The summed E-state index contributed by atoms with van der Waals surface area (Å²) < 4.78 is 18.9. The molecule has 2 aliphatic rings. The van der Waals surface area contributed by atoms with Crippen molar-refractivity contribution in [3.63, 3.8) is 0 Å². The van der Waals surface area contributed by atoms with Crippen LogP contribution in [0.5, 0.6) is 5.75 Å². The first-order valence-electron chi connectivity index (χ1n) is 8.85. The van der Waals surface area contributed by atoms with Crippen molar-refractivity contribution < 1.29 is 13.9 Å². The minimum atomic E-state index is -0.291. The van der Waals surface area contributed by atoms with Crippen molar-refractivity contribution in [3.8, 4) is 5.75 Å². The average Bonchev–Trinajstić information content (AvgIpc) is 3.11. The van der Waals surface area contributed by atoms with E-state index in [2.05, 4.69) is 10.9 Å². The fourth-order valence-corrected chi connectivity index (χ4v) is 3.80. The van der Waals surface area contributed by atoms with Crippen LogP contribution in [0, 0.1) is 11.7 Å². The molecule has 0 spiro atoms. The molecule has 0 radical (unpaired) electrons. The first-order valence-corrected chi connectivity index (χ1v) is 8.85. The molecule has 1 amide bonds. The van der Waals surface area contributed by atoms with Crippen LogP contribution in [0.4, 0.5) is 4.39 Å². The SMILES string of the molecule is COc1cccc(C2CCN2C(=O)C2CNNC2c2cccc(F)c2)c1. The molecule has 2 aromatic carbocycles. The lowest BCUT2D eigenvalue weighted by molar-refractivity contribution is -0.143. The second kappa shape index (κ2) is 7.05. The summed E-state index contributed by atoms with van der Waals surface area (Å²) in [5.74, 6) is 0.338. The van der Waals surface area contributed by atoms with Crippen molar-refractivity contribution in [1.29, 1.82) is 0 Å². The van der Waals surface area contributed by atoms with E-state index in [1.807, 2.05) is 35.2 Å². The van der Waals surface area contributed by atoms with Crippen LogP contribution in [0.25, 0.3) is 0 Å². The van der Waals surface area contributed by atoms with Gasteiger partial charge in [0.2, 0.25) is 5.91 Å². The molecule has 3 unspecified atom stereocenters. The highest BCUT2D eigenvalue weighted by Gasteiger charge is 2.42. The lowest BCUT2D eigenvalue weighted by Gasteiger charge is -2.43. The van der Waals surface area contributed by atoms with E-state index in [0.29, 0.717) is 6.54 Å². The lowest BCUT2D eigenvalue weighted by atomic mass is 9.88. The van der Waals surface area contributed by atoms with E-state index in [-0.39, 0.29) is 29.7 Å². The van der Waals surface area contributed by atoms with Crippen LogP contribution in [0.15, 0.2) is 48.5 Å². The number of carbonyl (C=O) groups is 1. The number of hydrazine groups is 1. The minimum absolute atomic E-state index is 0.0753. The monoisotopic (exact) mass is 355 g/mol. The van der Waals surface area contributed by atoms with Crippen LogP contribution < -0.4 is 15.6 Å². The third-order valence-corrected chi connectivity index (χ3v) is 5.29. The zero-order valence-corrected chi connectivity index (χ0v) is 14.6. The minimum Gasteiger partial charge on any atom is -0.497 e. The highest BCUT2D eigenvalue weighted by Crippen LogP contribution is 2.38. The Bertz CT molecular complexity index is 813. The Labute approximate surface area is 152 Å². The van der Waals surface area contributed by atoms with Crippen molar-refractivity contribution in [3.05, 3.63) is 65.5 Å². The van der Waals surface area contributed by atoms with E-state index in [9.17, 15) is 9.18 Å². The molecule has 2 heterocycles. The number of hydrogen-bond acceptors (Lipinski definition) is 4. The van der Waals surface area contributed by atoms with Gasteiger partial charge < -0.3 is 9.64 Å². The predicted octanol–water partition coefficient (Wildman–Crippen LogP) is 2.57. The van der Waals surface area contributed by atoms with Gasteiger partial charge in [0.05, 0.1) is 25.1 Å². The zero-order chi connectivity index (χ0) is 18.1. The van der Waals surface area contributed by atoms with Gasteiger partial charge >= 0.3 is 0 Å². The van der Waals surface area contributed by atoms with Gasteiger partial charge in [-0.3, -0.25) is 10.2 Å². The summed E-state index contributed by atoms with van der Waals surface area (Å²) >= 11 is 0. The molecule has 2 saturated heterocycles. The molecule has 5 nitrogen and oxygen atoms in total. The number of halogens is 1. The Hall–Kier alpha value is -2.44. The summed E-state index contributed by atoms with van der Waals surface area (Å²) in [6.45, 7) is 1.27. The van der Waals surface area contributed by atoms with Crippen molar-refractivity contribution in [2.24, 2.45) is 5.92 Å². The van der Waals surface area contributed by atoms with Crippen molar-refractivity contribution in [2.45, 2.75) is 18.5 Å². The van der Waals surface area contributed by atoms with Crippen LogP contribution in [0.1, 0.15) is 29.6 Å². The van der Waals surface area contributed by atoms with Crippen LogP contribution in [0.2, 0.25) is 0 Å². The topological polar surface area (TPSA) is 53.6 Å². The molecule has 2 aliphatic heterocycles. The maximum Gasteiger partial charge on any atom is 0.229 e. The number of rotatable bonds is 4. The Morgan fingerprint density at radius 1 is 1.19 bits per heavy atom. The molecule has 2 fully saturated rings. The number of ether oxygens (including phenoxy) is 1. The molecule has 26 heavy (non-hydrogen) atoms. The molecule has 4 rings (SSSR count). The molecule has 6 heteroatoms. The summed E-state index contributed by atoms with van der Waals surface area (Å²) in [7, 11) is 1.64. The average molecular weight is 355 g/mol. The summed E-state index contributed by atoms with van der Waals surface area (Å²) in [5.41, 5.74) is 8.05. The summed E-state index contributed by atoms with van der Waals surface area (Å²) in [6.07, 6.45) is 0.942. The molecule has 0 saturated carbocycles. The van der Waals surface area contributed by atoms with Crippen LogP contribution in [-0.2, 0) is 4.79 Å². The van der Waals surface area contributed by atoms with Gasteiger partial charge in [-0.15, -0.1) is 0 Å². The Morgan fingerprint density at radius 3 is 2.73 bits per heavy atom. The smallest absolute Gasteiger partial charge is 0.229 e. The van der Waals surface area contributed by atoms with Crippen molar-refractivity contribution in [1.82, 2.24) is 15.8 Å². The molecule has 2 N–H and O–H groups in total. The first-order chi connectivity index (χ1) is 12.7. The number of nitrogens with zero attached hydrogens (tertiary/aromatic N) is 1. The van der Waals surface area contributed by atoms with Gasteiger partial charge in [0, 0.05) is 13.1 Å². The Balaban J connectivity index is 1.53. The van der Waals surface area contributed by atoms with E-state index in [4.69, 9.17) is 4.74 Å². The van der Waals surface area contributed by atoms with E-state index in [1.165, 1.54) is 12.1 Å². The number of amides is 1. The largest absolute Gasteiger partial charge is 0.497 e. The first kappa shape index (κ1) is 17.0. The van der Waals surface area contributed by atoms with Crippen LogP contribution in [0.3, 0.4) is 0 Å². The molecule has 3 atom stereocenters. The molecular formula is C20H22FN3O2. The second-order valence-electron chi connectivity index (χ2n) is 6.78. The second-order valence-corrected chi connectivity index (χ2v) is 6.78. The van der Waals surface area contributed by atoms with E-state index >= 15 is 0 Å². The van der Waals surface area contributed by atoms with E-state index < -0.39 is 0 Å². The standard InChI is InChI=1S/C20H22FN3O2/c1-26-16-7-3-4-13(11-16)18-8-9-24(18)20(25)17-12-22-23-19(17)14-5-2-6-15(21)10-14/h2-7,10-11,17-19,22-23H,8-9,12H2,1H3. The maximum atomic E-state index is 13.6. The summed E-state index contributed by atoms with van der Waals surface area (Å²) in [5, 5.41) is 0. The molecule has 0 aliphatic carbocycles. The molecule has 0 aromatic heterocycles. The number of methoxy groups -OCH3 is 1. The fraction of sp³-hybridized carbons (Fsp3) is 0.350. The Kier molecular flexibility index (Phi) is 4.61. The van der Waals surface area contributed by atoms with Crippen LogP contribution in [-0.4, -0.2) is 31.0 Å². The fourth-order valence-electron chi connectivity index (χ4n) is 3.80. The zero-order valence-electron chi connectivity index (χ0n) is 14.6. The molecular weight excluding hydrogens is 333 g/mol. The highest BCUT2D eigenvalue weighted by molar-refractivity contribution is 5.81. The predicted molar refractivity (Wildman–Crippen MR) is 95.8 cm³/mol. The number of nitrogens with one attached hydrogen (secondary N) is 2. The molecule has 0 bridgehead atoms. The third-order valence-electron chi connectivity index (χ3n) is 5.29. The van der Waals surface area contributed by atoms with Gasteiger partial charge in [-0.1, -0.05) is 24.3 Å². The van der Waals surface area contributed by atoms with Gasteiger partial charge in [-0.2, -0.15) is 0 Å². The van der Waals surface area contributed by atoms with Gasteiger partial charge in [0.1, 0.15) is 11.6 Å². The lowest BCUT2D eigenvalue weighted by Crippen LogP contribution is -2.49. The van der Waals surface area contributed by atoms with Gasteiger partial charge in [-0.25, -0.2) is 9.82 Å². The highest BCUT2D eigenvalue weighted by atomic mass is 19.1. The van der Waals surface area contributed by atoms with E-state index in [1.54, 1.807) is 13.2 Å². The molecule has 136 valence electrons. The van der Waals surface area contributed by atoms with Gasteiger partial charge in [0.25, 0.3) is 0 Å². The summed E-state index contributed by atoms with van der Waals surface area (Å²) in [6, 6.07) is 14.1. The quantitative estimate of drug-likeness (QED) is 0.885. The summed E-state index contributed by atoms with van der Waals surface area (Å²) in [4.78, 5) is 15.1. The maximum absolute atomic E-state index is 13.6. The third kappa shape index (κ3) is 3.06. The van der Waals surface area contributed by atoms with E-state index in [0.717, 1.165) is 29.8 Å². The Morgan fingerprint density at radius 2 is 2.00 bits per heavy atom. The van der Waals surface area contributed by atoms with Crippen molar-refractivity contribution in [2.75, 3.05) is 20.2 Å². The van der Waals surface area contributed by atoms with Gasteiger partial charge in [-0.05, 0) is 41.8 Å². The number of likely N-dealkylation sites (tertiary alicyclic amines) is 1. The number of hydrogen-bond donors (Lipinski definition) is 2. The van der Waals surface area contributed by atoms with Crippen LogP contribution >= 0.6 is 0 Å². The number of carbonyl (C=O) groups excluding carboxylic acids is 1.